The highest BCUT2D eigenvalue weighted by molar-refractivity contribution is 6.00. The second-order valence-electron chi connectivity index (χ2n) is 13.5. The number of rotatable bonds is 9. The van der Waals surface area contributed by atoms with E-state index in [1.807, 2.05) is 0 Å². The smallest absolute Gasteiger partial charge is 0.429 e. The van der Waals surface area contributed by atoms with Gasteiger partial charge in [-0.05, 0) is 67.3 Å². The van der Waals surface area contributed by atoms with Crippen molar-refractivity contribution in [1.82, 2.24) is 10.3 Å². The normalized spacial score (nSPS) is 20.2. The summed E-state index contributed by atoms with van der Waals surface area (Å²) in [5.74, 6) is -9.00. The van der Waals surface area contributed by atoms with Gasteiger partial charge in [-0.1, -0.05) is 29.8 Å². The molecule has 0 aliphatic heterocycles. The molecule has 2 aliphatic rings. The predicted molar refractivity (Wildman–Crippen MR) is 187 cm³/mol. The number of carbonyl (C=O) groups is 3. The van der Waals surface area contributed by atoms with E-state index in [1.165, 1.54) is 24.3 Å². The van der Waals surface area contributed by atoms with Gasteiger partial charge in [0.15, 0.2) is 0 Å². The van der Waals surface area contributed by atoms with Crippen LogP contribution in [0.2, 0.25) is 0 Å². The zero-order valence-corrected chi connectivity index (χ0v) is 30.0. The monoisotopic (exact) mass is 842 g/mol. The third-order valence-electron chi connectivity index (χ3n) is 9.81. The van der Waals surface area contributed by atoms with E-state index < -0.39 is 112 Å². The Hall–Kier alpha value is -6.21. The number of hydrogen-bond acceptors (Lipinski definition) is 6. The molecule has 3 amide bonds. The number of nitrogens with zero attached hydrogens (tertiary/aromatic N) is 1. The van der Waals surface area contributed by atoms with Crippen LogP contribution in [0.3, 0.4) is 0 Å². The van der Waals surface area contributed by atoms with E-state index in [0.717, 1.165) is 25.4 Å². The van der Waals surface area contributed by atoms with Gasteiger partial charge >= 0.3 is 24.6 Å². The lowest BCUT2D eigenvalue weighted by Crippen LogP contribution is -2.48. The maximum atomic E-state index is 15.3. The summed E-state index contributed by atoms with van der Waals surface area (Å²) in [5, 5.41) is 6.83. The number of para-hydroxylation sites is 1. The van der Waals surface area contributed by atoms with Crippen LogP contribution in [-0.2, 0) is 15.7 Å². The van der Waals surface area contributed by atoms with Gasteiger partial charge in [0.1, 0.15) is 17.4 Å². The topological polar surface area (TPSA) is 119 Å². The number of hydrogen-bond donors (Lipinski definition) is 3. The van der Waals surface area contributed by atoms with E-state index in [-0.39, 0.29) is 35.9 Å². The Balaban J connectivity index is 1.31. The lowest BCUT2D eigenvalue weighted by molar-refractivity contribution is -0.205. The Morgan fingerprint density at radius 2 is 1.49 bits per heavy atom. The van der Waals surface area contributed by atoms with Crippen LogP contribution in [0.5, 0.6) is 5.75 Å². The highest BCUT2D eigenvalue weighted by Crippen LogP contribution is 2.54. The molecule has 0 saturated heterocycles. The number of fused-ring (bicyclic) bond motifs is 2. The van der Waals surface area contributed by atoms with E-state index in [9.17, 15) is 58.3 Å². The standard InChI is InChI=1S/C39H29F11N4O5/c1-58-30-17-51-29(23-13-18(7-11-27(23)40)33(39(48,49)50)59-36(57)53-19-5-3-2-4-6-19)15-24(30)34(55)54-32-22-10-9-21(25(22)16-37(42,43)44)31(32)35(56)52-20-8-12-28(41)26(14-20)38(45,46)47/h2-8,11-17,21-22,31-33H,9-10H2,1H3,(H,52,56)(H,53,57)(H,54,55)/b25-16-/t21?,22?,31-,32+,33-/m0/s1. The molecule has 2 fully saturated rings. The third kappa shape index (κ3) is 9.41. The van der Waals surface area contributed by atoms with E-state index in [1.54, 1.807) is 6.07 Å². The summed E-state index contributed by atoms with van der Waals surface area (Å²) in [6, 6.07) is 10.5. The van der Waals surface area contributed by atoms with Gasteiger partial charge in [0.25, 0.3) is 5.91 Å². The summed E-state index contributed by atoms with van der Waals surface area (Å²) in [7, 11) is 1.09. The number of allylic oxidation sites excluding steroid dienone is 1. The molecule has 2 aliphatic carbocycles. The third-order valence-corrected chi connectivity index (χ3v) is 9.81. The molecule has 20 heteroatoms. The molecule has 9 nitrogen and oxygen atoms in total. The molecule has 312 valence electrons. The first-order valence-electron chi connectivity index (χ1n) is 17.4. The minimum Gasteiger partial charge on any atom is -0.494 e. The number of amides is 3. The molecule has 0 spiro atoms. The van der Waals surface area contributed by atoms with Crippen LogP contribution in [-0.4, -0.2) is 48.4 Å². The molecule has 1 heterocycles. The molecule has 4 aromatic rings. The van der Waals surface area contributed by atoms with Gasteiger partial charge in [-0.2, -0.15) is 39.5 Å². The van der Waals surface area contributed by atoms with Crippen molar-refractivity contribution in [1.29, 1.82) is 0 Å². The van der Waals surface area contributed by atoms with Gasteiger partial charge < -0.3 is 20.1 Å². The lowest BCUT2D eigenvalue weighted by Gasteiger charge is -2.30. The van der Waals surface area contributed by atoms with Gasteiger partial charge in [-0.3, -0.25) is 19.9 Å². The number of pyridine rings is 1. The van der Waals surface area contributed by atoms with Gasteiger partial charge in [-0.15, -0.1) is 0 Å². The number of benzene rings is 3. The quantitative estimate of drug-likeness (QED) is 0.114. The number of anilines is 2. The number of nitrogens with one attached hydrogen (secondary N) is 3. The van der Waals surface area contributed by atoms with Crippen LogP contribution in [0.25, 0.3) is 11.3 Å². The number of aromatic nitrogens is 1. The maximum Gasteiger partial charge on any atom is 0.429 e. The van der Waals surface area contributed by atoms with Gasteiger partial charge in [0, 0.05) is 40.5 Å². The van der Waals surface area contributed by atoms with Crippen LogP contribution in [0.15, 0.2) is 90.6 Å². The molecular formula is C39H29F11N4O5. The van der Waals surface area contributed by atoms with E-state index in [2.05, 4.69) is 25.7 Å². The molecule has 6 rings (SSSR count). The molecule has 0 radical (unpaired) electrons. The van der Waals surface area contributed by atoms with Crippen molar-refractivity contribution >= 4 is 29.3 Å². The van der Waals surface area contributed by atoms with Crippen molar-refractivity contribution in [3.8, 4) is 17.0 Å². The fraction of sp³-hybridized carbons (Fsp3) is 0.282. The Labute approximate surface area is 326 Å². The maximum absolute atomic E-state index is 15.3. The summed E-state index contributed by atoms with van der Waals surface area (Å²) >= 11 is 0. The van der Waals surface area contributed by atoms with Crippen LogP contribution in [0.4, 0.5) is 64.5 Å². The Morgan fingerprint density at radius 1 is 0.814 bits per heavy atom. The predicted octanol–water partition coefficient (Wildman–Crippen LogP) is 9.79. The molecule has 5 atom stereocenters. The number of halogens is 11. The van der Waals surface area contributed by atoms with Gasteiger partial charge in [0.05, 0.1) is 36.0 Å². The number of alkyl halides is 9. The Kier molecular flexibility index (Phi) is 11.6. The minimum absolute atomic E-state index is 0.00839. The first-order chi connectivity index (χ1) is 27.6. The lowest BCUT2D eigenvalue weighted by atomic mass is 9.83. The van der Waals surface area contributed by atoms with Crippen LogP contribution in [0.1, 0.15) is 40.4 Å². The van der Waals surface area contributed by atoms with Gasteiger partial charge in [-0.25, -0.2) is 13.6 Å². The second-order valence-corrected chi connectivity index (χ2v) is 13.5. The fourth-order valence-electron chi connectivity index (χ4n) is 7.39. The van der Waals surface area contributed by atoms with Crippen LogP contribution in [0, 0.1) is 29.4 Å². The van der Waals surface area contributed by atoms with Crippen molar-refractivity contribution in [3.05, 3.63) is 119 Å². The highest BCUT2D eigenvalue weighted by Gasteiger charge is 2.56. The molecule has 2 unspecified atom stereocenters. The molecule has 3 N–H and O–H groups in total. The zero-order chi connectivity index (χ0) is 43.0. The van der Waals surface area contributed by atoms with Crippen LogP contribution >= 0.6 is 0 Å². The summed E-state index contributed by atoms with van der Waals surface area (Å²) in [5.41, 5.74) is -4.64. The first kappa shape index (κ1) is 42.4. The average molecular weight is 843 g/mol. The molecule has 3 aromatic carbocycles. The molecular weight excluding hydrogens is 813 g/mol. The first-order valence-corrected chi connectivity index (χ1v) is 17.4. The van der Waals surface area contributed by atoms with Crippen LogP contribution < -0.4 is 20.7 Å². The van der Waals surface area contributed by atoms with Crippen molar-refractivity contribution in [3.63, 3.8) is 0 Å². The fourth-order valence-corrected chi connectivity index (χ4v) is 7.39. The summed E-state index contributed by atoms with van der Waals surface area (Å²) < 4.78 is 163. The number of carbonyl (C=O) groups excluding carboxylic acids is 3. The van der Waals surface area contributed by atoms with Crippen molar-refractivity contribution in [2.45, 2.75) is 43.5 Å². The molecule has 2 bridgehead atoms. The summed E-state index contributed by atoms with van der Waals surface area (Å²) in [4.78, 5) is 44.0. The number of methoxy groups -OCH3 is 1. The largest absolute Gasteiger partial charge is 0.494 e. The SMILES string of the molecule is COc1cnc(-c2cc([C@H](OC(=O)Nc3ccccc3)C(F)(F)F)ccc2F)cc1C(=O)N[C@@H]1C2CCC(/C2=C/C(F)(F)F)[C@@H]1C(=O)Nc1ccc(F)c(C(F)(F)F)c1. The second kappa shape index (κ2) is 16.2. The Bertz CT molecular complexity index is 2280. The molecule has 2 saturated carbocycles. The van der Waals surface area contributed by atoms with Crippen molar-refractivity contribution in [2.75, 3.05) is 17.7 Å². The Morgan fingerprint density at radius 3 is 2.14 bits per heavy atom. The summed E-state index contributed by atoms with van der Waals surface area (Å²) in [6.45, 7) is 0. The average Bonchev–Trinajstić information content (AvgIpc) is 3.66. The molecule has 59 heavy (non-hydrogen) atoms. The minimum atomic E-state index is -5.21. The van der Waals surface area contributed by atoms with E-state index >= 15 is 4.39 Å². The van der Waals surface area contributed by atoms with E-state index in [4.69, 9.17) is 4.74 Å². The highest BCUT2D eigenvalue weighted by atomic mass is 19.4. The van der Waals surface area contributed by atoms with Crippen molar-refractivity contribution < 1.29 is 72.2 Å². The van der Waals surface area contributed by atoms with Gasteiger partial charge in [0.2, 0.25) is 12.0 Å². The summed E-state index contributed by atoms with van der Waals surface area (Å²) in [6.07, 6.45) is -18.6. The number of ether oxygens (including phenoxy) is 2. The van der Waals surface area contributed by atoms with E-state index in [0.29, 0.717) is 30.3 Å². The zero-order valence-electron chi connectivity index (χ0n) is 30.0. The molecule has 1 aromatic heterocycles. The van der Waals surface area contributed by atoms with Crippen molar-refractivity contribution in [2.24, 2.45) is 17.8 Å².